The first-order valence-electron chi connectivity index (χ1n) is 9.96. The Morgan fingerprint density at radius 2 is 1.58 bits per heavy atom. The largest absolute Gasteiger partial charge is 0.490 e. The molecule has 0 atom stereocenters. The Hall–Kier alpha value is -3.38. The number of nitrogens with zero attached hydrogens (tertiary/aromatic N) is 1. The second-order valence-electron chi connectivity index (χ2n) is 7.10. The van der Waals surface area contributed by atoms with Gasteiger partial charge >= 0.3 is 5.97 Å². The van der Waals surface area contributed by atoms with E-state index in [-0.39, 0.29) is 38.0 Å². The third-order valence-electron chi connectivity index (χ3n) is 5.03. The molecular formula is C24H20ClNO5. The van der Waals surface area contributed by atoms with Crippen molar-refractivity contribution < 1.29 is 23.9 Å². The maximum absolute atomic E-state index is 12.8. The first-order valence-corrected chi connectivity index (χ1v) is 10.3. The number of imide groups is 1. The van der Waals surface area contributed by atoms with Gasteiger partial charge in [-0.15, -0.1) is 0 Å². The number of esters is 1. The maximum Gasteiger partial charge on any atom is 0.305 e. The zero-order chi connectivity index (χ0) is 21.8. The second kappa shape index (κ2) is 9.18. The van der Waals surface area contributed by atoms with Crippen molar-refractivity contribution in [2.24, 2.45) is 0 Å². The third-order valence-corrected chi connectivity index (χ3v) is 5.26. The summed E-state index contributed by atoms with van der Waals surface area (Å²) in [5.41, 5.74) is 1.02. The SMILES string of the molecule is O=C(CCCN1C(=O)c2cccc3cccc(c23)C1=O)OCCOc1cccc(Cl)c1. The second-order valence-corrected chi connectivity index (χ2v) is 7.54. The normalized spacial score (nSPS) is 12.9. The number of amides is 2. The molecule has 4 rings (SSSR count). The van der Waals surface area contributed by atoms with Crippen LogP contribution < -0.4 is 4.74 Å². The quantitative estimate of drug-likeness (QED) is 0.295. The van der Waals surface area contributed by atoms with Gasteiger partial charge in [-0.05, 0) is 42.1 Å². The van der Waals surface area contributed by atoms with Crippen LogP contribution in [-0.2, 0) is 9.53 Å². The average Bonchev–Trinajstić information content (AvgIpc) is 2.77. The molecular weight excluding hydrogens is 418 g/mol. The fraction of sp³-hybridized carbons (Fsp3) is 0.208. The minimum absolute atomic E-state index is 0.0973. The van der Waals surface area contributed by atoms with Crippen molar-refractivity contribution in [3.8, 4) is 5.75 Å². The Kier molecular flexibility index (Phi) is 6.18. The summed E-state index contributed by atoms with van der Waals surface area (Å²) in [5, 5.41) is 2.12. The Morgan fingerprint density at radius 1 is 0.903 bits per heavy atom. The van der Waals surface area contributed by atoms with Gasteiger partial charge in [0.05, 0.1) is 0 Å². The molecule has 0 radical (unpaired) electrons. The van der Waals surface area contributed by atoms with E-state index in [1.165, 1.54) is 4.90 Å². The zero-order valence-corrected chi connectivity index (χ0v) is 17.4. The smallest absolute Gasteiger partial charge is 0.305 e. The Balaban J connectivity index is 1.26. The first kappa shape index (κ1) is 20.9. The van der Waals surface area contributed by atoms with Crippen molar-refractivity contribution in [2.45, 2.75) is 12.8 Å². The Morgan fingerprint density at radius 3 is 2.26 bits per heavy atom. The topological polar surface area (TPSA) is 72.9 Å². The van der Waals surface area contributed by atoms with Crippen molar-refractivity contribution in [3.63, 3.8) is 0 Å². The minimum atomic E-state index is -0.408. The molecule has 1 heterocycles. The summed E-state index contributed by atoms with van der Waals surface area (Å²) in [6, 6.07) is 17.8. The van der Waals surface area contributed by atoms with Gasteiger partial charge in [0.1, 0.15) is 19.0 Å². The molecule has 3 aromatic rings. The third kappa shape index (κ3) is 4.54. The molecule has 158 valence electrons. The molecule has 0 aromatic heterocycles. The van der Waals surface area contributed by atoms with Crippen LogP contribution in [0.15, 0.2) is 60.7 Å². The van der Waals surface area contributed by atoms with Gasteiger partial charge in [-0.25, -0.2) is 0 Å². The molecule has 0 saturated carbocycles. The van der Waals surface area contributed by atoms with Gasteiger partial charge in [-0.2, -0.15) is 0 Å². The minimum Gasteiger partial charge on any atom is -0.490 e. The van der Waals surface area contributed by atoms with Crippen LogP contribution in [0.2, 0.25) is 5.02 Å². The molecule has 0 saturated heterocycles. The predicted molar refractivity (Wildman–Crippen MR) is 116 cm³/mol. The fourth-order valence-corrected chi connectivity index (χ4v) is 3.79. The van der Waals surface area contributed by atoms with Gasteiger partial charge in [-0.1, -0.05) is 41.9 Å². The van der Waals surface area contributed by atoms with Crippen LogP contribution in [0.25, 0.3) is 10.8 Å². The number of benzene rings is 3. The Bertz CT molecular complexity index is 1110. The van der Waals surface area contributed by atoms with E-state index >= 15 is 0 Å². The lowest BCUT2D eigenvalue weighted by atomic mass is 9.94. The predicted octanol–water partition coefficient (Wildman–Crippen LogP) is 4.49. The van der Waals surface area contributed by atoms with E-state index in [4.69, 9.17) is 21.1 Å². The van der Waals surface area contributed by atoms with E-state index < -0.39 is 5.97 Å². The van der Waals surface area contributed by atoms with E-state index in [1.54, 1.807) is 48.5 Å². The molecule has 2 amide bonds. The van der Waals surface area contributed by atoms with E-state index in [9.17, 15) is 14.4 Å². The van der Waals surface area contributed by atoms with Gasteiger partial charge in [0.2, 0.25) is 0 Å². The van der Waals surface area contributed by atoms with Crippen LogP contribution in [0, 0.1) is 0 Å². The molecule has 1 aliphatic rings. The van der Waals surface area contributed by atoms with E-state index in [0.29, 0.717) is 33.7 Å². The summed E-state index contributed by atoms with van der Waals surface area (Å²) in [5.74, 6) is -0.481. The highest BCUT2D eigenvalue weighted by Crippen LogP contribution is 2.30. The number of carbonyl (C=O) groups is 3. The molecule has 0 spiro atoms. The zero-order valence-electron chi connectivity index (χ0n) is 16.7. The lowest BCUT2D eigenvalue weighted by Gasteiger charge is -2.27. The lowest BCUT2D eigenvalue weighted by molar-refractivity contribution is -0.144. The van der Waals surface area contributed by atoms with E-state index in [1.807, 2.05) is 12.1 Å². The van der Waals surface area contributed by atoms with Gasteiger partial charge in [0.25, 0.3) is 11.8 Å². The van der Waals surface area contributed by atoms with Crippen LogP contribution in [-0.4, -0.2) is 42.4 Å². The van der Waals surface area contributed by atoms with Gasteiger partial charge < -0.3 is 9.47 Å². The van der Waals surface area contributed by atoms with Gasteiger partial charge in [0, 0.05) is 34.5 Å². The van der Waals surface area contributed by atoms with Crippen molar-refractivity contribution in [3.05, 3.63) is 76.8 Å². The lowest BCUT2D eigenvalue weighted by Crippen LogP contribution is -2.41. The Labute approximate surface area is 184 Å². The summed E-state index contributed by atoms with van der Waals surface area (Å²) in [6.45, 7) is 0.453. The van der Waals surface area contributed by atoms with Crippen LogP contribution >= 0.6 is 11.6 Å². The molecule has 6 nitrogen and oxygen atoms in total. The molecule has 7 heteroatoms. The van der Waals surface area contributed by atoms with Crippen LogP contribution in [0.4, 0.5) is 0 Å². The summed E-state index contributed by atoms with van der Waals surface area (Å²) in [7, 11) is 0. The highest BCUT2D eigenvalue weighted by molar-refractivity contribution is 6.30. The maximum atomic E-state index is 12.8. The molecule has 3 aromatic carbocycles. The summed E-state index contributed by atoms with van der Waals surface area (Å²) in [4.78, 5) is 38.8. The number of rotatable bonds is 8. The van der Waals surface area contributed by atoms with Gasteiger partial charge in [-0.3, -0.25) is 19.3 Å². The summed E-state index contributed by atoms with van der Waals surface area (Å²) in [6.07, 6.45) is 0.420. The standard InChI is InChI=1S/C24H20ClNO5/c25-17-7-3-8-18(15-17)30-13-14-31-21(27)11-4-12-26-23(28)19-9-1-5-16-6-2-10-20(22(16)19)24(26)29/h1-3,5-10,15H,4,11-14H2. The number of halogens is 1. The summed E-state index contributed by atoms with van der Waals surface area (Å²) >= 11 is 5.88. The molecule has 0 aliphatic carbocycles. The van der Waals surface area contributed by atoms with E-state index in [2.05, 4.69) is 0 Å². The van der Waals surface area contributed by atoms with Crippen LogP contribution in [0.1, 0.15) is 33.6 Å². The molecule has 0 N–H and O–H groups in total. The fourth-order valence-electron chi connectivity index (χ4n) is 3.61. The number of hydrogen-bond donors (Lipinski definition) is 0. The number of carbonyl (C=O) groups excluding carboxylic acids is 3. The number of ether oxygens (including phenoxy) is 2. The average molecular weight is 438 g/mol. The molecule has 0 unspecified atom stereocenters. The molecule has 0 fully saturated rings. The summed E-state index contributed by atoms with van der Waals surface area (Å²) < 4.78 is 10.6. The molecule has 0 bridgehead atoms. The monoisotopic (exact) mass is 437 g/mol. The van der Waals surface area contributed by atoms with Crippen molar-refractivity contribution >= 4 is 40.2 Å². The van der Waals surface area contributed by atoms with Crippen molar-refractivity contribution in [1.82, 2.24) is 4.90 Å². The first-order chi connectivity index (χ1) is 15.0. The van der Waals surface area contributed by atoms with Crippen molar-refractivity contribution in [1.29, 1.82) is 0 Å². The highest BCUT2D eigenvalue weighted by atomic mass is 35.5. The van der Waals surface area contributed by atoms with E-state index in [0.717, 1.165) is 5.39 Å². The molecule has 1 aliphatic heterocycles. The number of hydrogen-bond acceptors (Lipinski definition) is 5. The highest BCUT2D eigenvalue weighted by Gasteiger charge is 2.32. The molecule has 31 heavy (non-hydrogen) atoms. The van der Waals surface area contributed by atoms with Crippen LogP contribution in [0.3, 0.4) is 0 Å². The van der Waals surface area contributed by atoms with Gasteiger partial charge in [0.15, 0.2) is 0 Å². The van der Waals surface area contributed by atoms with Crippen molar-refractivity contribution in [2.75, 3.05) is 19.8 Å². The van der Waals surface area contributed by atoms with Crippen LogP contribution in [0.5, 0.6) is 5.75 Å².